The number of likely N-dealkylation sites (tertiary alicyclic amines) is 1. The number of para-hydroxylation sites is 1. The van der Waals surface area contributed by atoms with Gasteiger partial charge in [-0.2, -0.15) is 13.2 Å². The monoisotopic (exact) mass is 542 g/mol. The van der Waals surface area contributed by atoms with Gasteiger partial charge in [-0.15, -0.1) is 24.0 Å². The zero-order valence-electron chi connectivity index (χ0n) is 18.2. The molecule has 1 heterocycles. The second-order valence-electron chi connectivity index (χ2n) is 8.40. The van der Waals surface area contributed by atoms with Gasteiger partial charge in [-0.05, 0) is 52.6 Å². The number of nitrogens with one attached hydrogen (secondary N) is 2. The number of ether oxygens (including phenoxy) is 1. The van der Waals surface area contributed by atoms with E-state index in [1.807, 2.05) is 52.0 Å². The highest BCUT2D eigenvalue weighted by Crippen LogP contribution is 2.24. The molecule has 172 valence electrons. The molecule has 1 aliphatic rings. The van der Waals surface area contributed by atoms with E-state index in [9.17, 15) is 13.2 Å². The molecule has 0 spiro atoms. The lowest BCUT2D eigenvalue weighted by atomic mass is 10.1. The fourth-order valence-electron chi connectivity index (χ4n) is 3.29. The van der Waals surface area contributed by atoms with Gasteiger partial charge in [0.25, 0.3) is 0 Å². The van der Waals surface area contributed by atoms with Gasteiger partial charge in [-0.25, -0.2) is 4.99 Å². The van der Waals surface area contributed by atoms with E-state index in [1.54, 1.807) is 0 Å². The molecule has 1 unspecified atom stereocenters. The zero-order chi connectivity index (χ0) is 21.5. The van der Waals surface area contributed by atoms with E-state index in [2.05, 4.69) is 15.6 Å². The largest absolute Gasteiger partial charge is 0.488 e. The fourth-order valence-corrected chi connectivity index (χ4v) is 3.29. The quantitative estimate of drug-likeness (QED) is 0.305. The number of halogens is 4. The Morgan fingerprint density at radius 3 is 2.53 bits per heavy atom. The van der Waals surface area contributed by atoms with Crippen LogP contribution in [0.4, 0.5) is 13.2 Å². The van der Waals surface area contributed by atoms with Crippen molar-refractivity contribution in [3.8, 4) is 5.75 Å². The summed E-state index contributed by atoms with van der Waals surface area (Å²) in [6.07, 6.45) is -3.38. The second-order valence-corrected chi connectivity index (χ2v) is 8.40. The van der Waals surface area contributed by atoms with Gasteiger partial charge in [-0.1, -0.05) is 18.2 Å². The van der Waals surface area contributed by atoms with E-state index in [1.165, 1.54) is 4.90 Å². The van der Waals surface area contributed by atoms with Gasteiger partial charge in [0.2, 0.25) is 0 Å². The summed E-state index contributed by atoms with van der Waals surface area (Å²) in [6, 6.07) is 7.81. The Balaban J connectivity index is 0.00000450. The van der Waals surface area contributed by atoms with Crippen LogP contribution in [0.15, 0.2) is 29.3 Å². The summed E-state index contributed by atoms with van der Waals surface area (Å²) < 4.78 is 43.7. The van der Waals surface area contributed by atoms with Crippen LogP contribution in [-0.4, -0.2) is 55.4 Å². The first-order chi connectivity index (χ1) is 13.6. The molecule has 30 heavy (non-hydrogen) atoms. The second kappa shape index (κ2) is 12.0. The fraction of sp³-hybridized carbons (Fsp3) is 0.667. The van der Waals surface area contributed by atoms with Crippen molar-refractivity contribution in [2.75, 3.05) is 32.7 Å². The number of benzene rings is 1. The highest BCUT2D eigenvalue weighted by Gasteiger charge is 2.34. The minimum atomic E-state index is -4.14. The smallest absolute Gasteiger partial charge is 0.401 e. The van der Waals surface area contributed by atoms with Crippen LogP contribution in [0.25, 0.3) is 0 Å². The average Bonchev–Trinajstić information content (AvgIpc) is 3.02. The lowest BCUT2D eigenvalue weighted by molar-refractivity contribution is -0.143. The maximum atomic E-state index is 12.5. The molecule has 5 nitrogen and oxygen atoms in total. The van der Waals surface area contributed by atoms with Crippen molar-refractivity contribution in [2.24, 2.45) is 10.9 Å². The summed E-state index contributed by atoms with van der Waals surface area (Å²) >= 11 is 0. The van der Waals surface area contributed by atoms with Gasteiger partial charge in [0.1, 0.15) is 11.4 Å². The molecule has 9 heteroatoms. The third kappa shape index (κ3) is 10.2. The molecular weight excluding hydrogens is 508 g/mol. The van der Waals surface area contributed by atoms with Crippen molar-refractivity contribution in [2.45, 2.75) is 52.4 Å². The first kappa shape index (κ1) is 26.8. The molecule has 0 bridgehead atoms. The van der Waals surface area contributed by atoms with Crippen LogP contribution < -0.4 is 15.4 Å². The molecule has 1 atom stereocenters. The van der Waals surface area contributed by atoms with Crippen LogP contribution in [0, 0.1) is 5.92 Å². The normalized spacial score (nSPS) is 18.1. The zero-order valence-corrected chi connectivity index (χ0v) is 20.5. The maximum Gasteiger partial charge on any atom is 0.401 e. The standard InChI is InChI=1S/C21H33F3N4O.HI/c1-5-25-19(26-12-16-10-11-28(14-16)15-21(22,23)24)27-13-17-8-6-7-9-18(17)29-20(2,3)4;/h6-9,16H,5,10-15H2,1-4H3,(H2,25,26,27);1H. The van der Waals surface area contributed by atoms with Crippen LogP contribution >= 0.6 is 24.0 Å². The van der Waals surface area contributed by atoms with Crippen LogP contribution in [0.1, 0.15) is 39.7 Å². The van der Waals surface area contributed by atoms with Crippen LogP contribution in [0.5, 0.6) is 5.75 Å². The van der Waals surface area contributed by atoms with Crippen LogP contribution in [0.3, 0.4) is 0 Å². The SMILES string of the molecule is CCNC(=NCc1ccccc1OC(C)(C)C)NCC1CCN(CC(F)(F)F)C1.I. The Morgan fingerprint density at radius 1 is 1.20 bits per heavy atom. The number of hydrogen-bond acceptors (Lipinski definition) is 3. The Morgan fingerprint density at radius 2 is 1.90 bits per heavy atom. The average molecular weight is 542 g/mol. The highest BCUT2D eigenvalue weighted by atomic mass is 127. The van der Waals surface area contributed by atoms with Gasteiger partial charge in [0.15, 0.2) is 5.96 Å². The molecule has 0 aromatic heterocycles. The Hall–Kier alpha value is -1.23. The summed E-state index contributed by atoms with van der Waals surface area (Å²) in [5.41, 5.74) is 0.685. The summed E-state index contributed by atoms with van der Waals surface area (Å²) in [4.78, 5) is 6.10. The molecule has 1 fully saturated rings. The third-order valence-electron chi connectivity index (χ3n) is 4.47. The molecule has 1 saturated heterocycles. The van der Waals surface area contributed by atoms with Crippen molar-refractivity contribution in [1.82, 2.24) is 15.5 Å². The molecule has 1 aromatic carbocycles. The Labute approximate surface area is 194 Å². The van der Waals surface area contributed by atoms with E-state index in [-0.39, 0.29) is 35.5 Å². The molecule has 2 N–H and O–H groups in total. The van der Waals surface area contributed by atoms with Gasteiger partial charge in [-0.3, -0.25) is 4.90 Å². The molecular formula is C21H34F3IN4O. The predicted molar refractivity (Wildman–Crippen MR) is 126 cm³/mol. The number of aliphatic imine (C=N–C) groups is 1. The number of rotatable bonds is 7. The van der Waals surface area contributed by atoms with Crippen LogP contribution in [-0.2, 0) is 6.54 Å². The summed E-state index contributed by atoms with van der Waals surface area (Å²) in [5.74, 6) is 1.64. The molecule has 1 aliphatic heterocycles. The molecule has 0 aliphatic carbocycles. The number of guanidine groups is 1. The Kier molecular flexibility index (Phi) is 10.7. The van der Waals surface area contributed by atoms with E-state index in [0.717, 1.165) is 17.7 Å². The number of nitrogens with zero attached hydrogens (tertiary/aromatic N) is 2. The minimum absolute atomic E-state index is 0. The van der Waals surface area contributed by atoms with Crippen molar-refractivity contribution in [3.63, 3.8) is 0 Å². The topological polar surface area (TPSA) is 48.9 Å². The Bertz CT molecular complexity index is 677. The maximum absolute atomic E-state index is 12.5. The van der Waals surface area contributed by atoms with E-state index in [0.29, 0.717) is 38.7 Å². The lowest BCUT2D eigenvalue weighted by Crippen LogP contribution is -2.40. The van der Waals surface area contributed by atoms with Crippen molar-refractivity contribution >= 4 is 29.9 Å². The van der Waals surface area contributed by atoms with Crippen LogP contribution in [0.2, 0.25) is 0 Å². The summed E-state index contributed by atoms with van der Waals surface area (Å²) in [5, 5.41) is 6.47. The van der Waals surface area contributed by atoms with Crippen molar-refractivity contribution in [3.05, 3.63) is 29.8 Å². The van der Waals surface area contributed by atoms with E-state index in [4.69, 9.17) is 4.74 Å². The van der Waals surface area contributed by atoms with E-state index >= 15 is 0 Å². The first-order valence-electron chi connectivity index (χ1n) is 10.1. The summed E-state index contributed by atoms with van der Waals surface area (Å²) in [6.45, 7) is 9.85. The lowest BCUT2D eigenvalue weighted by Gasteiger charge is -2.23. The van der Waals surface area contributed by atoms with Gasteiger partial charge in [0.05, 0.1) is 13.1 Å². The molecule has 2 rings (SSSR count). The molecule has 0 radical (unpaired) electrons. The van der Waals surface area contributed by atoms with Crippen molar-refractivity contribution < 1.29 is 17.9 Å². The summed E-state index contributed by atoms with van der Waals surface area (Å²) in [7, 11) is 0. The molecule has 0 saturated carbocycles. The van der Waals surface area contributed by atoms with Crippen molar-refractivity contribution in [1.29, 1.82) is 0 Å². The minimum Gasteiger partial charge on any atom is -0.488 e. The predicted octanol–water partition coefficient (Wildman–Crippen LogP) is 4.42. The van der Waals surface area contributed by atoms with Gasteiger partial charge in [0, 0.05) is 25.2 Å². The van der Waals surface area contributed by atoms with Gasteiger partial charge >= 0.3 is 6.18 Å². The number of hydrogen-bond donors (Lipinski definition) is 2. The molecule has 0 amide bonds. The number of alkyl halides is 3. The van der Waals surface area contributed by atoms with E-state index < -0.39 is 12.7 Å². The van der Waals surface area contributed by atoms with Gasteiger partial charge < -0.3 is 15.4 Å². The molecule has 1 aromatic rings. The first-order valence-corrected chi connectivity index (χ1v) is 10.1. The highest BCUT2D eigenvalue weighted by molar-refractivity contribution is 14.0. The third-order valence-corrected chi connectivity index (χ3v) is 4.47.